The minimum Gasteiger partial charge on any atom is -0.497 e. The molecule has 2 heterocycles. The molecule has 1 aliphatic rings. The van der Waals surface area contributed by atoms with Gasteiger partial charge in [0, 0.05) is 19.3 Å². The summed E-state index contributed by atoms with van der Waals surface area (Å²) in [5.41, 5.74) is 1.93. The predicted octanol–water partition coefficient (Wildman–Crippen LogP) is 5.37. The van der Waals surface area contributed by atoms with Crippen molar-refractivity contribution < 1.29 is 14.2 Å². The van der Waals surface area contributed by atoms with E-state index in [0.29, 0.717) is 24.8 Å². The summed E-state index contributed by atoms with van der Waals surface area (Å²) in [7, 11) is 1.68. The fourth-order valence-electron chi connectivity index (χ4n) is 3.56. The van der Waals surface area contributed by atoms with Crippen LogP contribution in [0.1, 0.15) is 36.8 Å². The Bertz CT molecular complexity index is 1050. The van der Waals surface area contributed by atoms with Gasteiger partial charge in [0.05, 0.1) is 19.3 Å². The van der Waals surface area contributed by atoms with E-state index in [-0.39, 0.29) is 0 Å². The number of aliphatic imine (C=N–C) groups is 1. The number of hydrogen-bond acceptors (Lipinski definition) is 6. The van der Waals surface area contributed by atoms with Gasteiger partial charge in [-0.25, -0.2) is 4.98 Å². The van der Waals surface area contributed by atoms with Gasteiger partial charge in [0.1, 0.15) is 11.6 Å². The van der Waals surface area contributed by atoms with Crippen LogP contribution in [-0.2, 0) is 6.54 Å². The first-order chi connectivity index (χ1) is 15.8. The highest BCUT2D eigenvalue weighted by Crippen LogP contribution is 2.32. The average molecular weight is 432 g/mol. The average Bonchev–Trinajstić information content (AvgIpc) is 2.84. The summed E-state index contributed by atoms with van der Waals surface area (Å²) in [4.78, 5) is 9.39. The van der Waals surface area contributed by atoms with Crippen molar-refractivity contribution in [1.82, 2.24) is 10.3 Å². The lowest BCUT2D eigenvalue weighted by atomic mass is 10.2. The first-order valence-electron chi connectivity index (χ1n) is 11.1. The van der Waals surface area contributed by atoms with Gasteiger partial charge >= 0.3 is 0 Å². The lowest BCUT2D eigenvalue weighted by molar-refractivity contribution is 0.290. The van der Waals surface area contributed by atoms with Gasteiger partial charge in [0.25, 0.3) is 0 Å². The standard InChI is InChI=1S/C26H29N3O3/c1-30-21-11-8-10-20(18-21)19-29-25-22-12-9-16-28-26(22)32-24-14-5-4-13-23(24)31-17-7-3-2-6-15-27-25/h4-5,8-14,16,18H,2-3,6-7,15,17,19H2,1H3,(H,27,29). The molecule has 0 saturated carbocycles. The van der Waals surface area contributed by atoms with Crippen LogP contribution in [0, 0.1) is 0 Å². The lowest BCUT2D eigenvalue weighted by Gasteiger charge is -2.17. The molecular formula is C26H29N3O3. The molecule has 1 aromatic heterocycles. The monoisotopic (exact) mass is 431 g/mol. The quantitative estimate of drug-likeness (QED) is 0.604. The smallest absolute Gasteiger partial charge is 0.230 e. The summed E-state index contributed by atoms with van der Waals surface area (Å²) < 4.78 is 17.6. The molecule has 0 aliphatic carbocycles. The predicted molar refractivity (Wildman–Crippen MR) is 126 cm³/mol. The maximum atomic E-state index is 6.23. The third-order valence-corrected chi connectivity index (χ3v) is 5.26. The van der Waals surface area contributed by atoms with E-state index in [1.54, 1.807) is 13.3 Å². The van der Waals surface area contributed by atoms with E-state index in [9.17, 15) is 0 Å². The largest absolute Gasteiger partial charge is 0.497 e. The zero-order valence-electron chi connectivity index (χ0n) is 18.4. The number of nitrogens with one attached hydrogen (secondary N) is 1. The van der Waals surface area contributed by atoms with Crippen molar-refractivity contribution in [3.63, 3.8) is 0 Å². The number of nitrogens with zero attached hydrogens (tertiary/aromatic N) is 2. The van der Waals surface area contributed by atoms with E-state index in [1.165, 1.54) is 0 Å². The Labute approximate surface area is 189 Å². The van der Waals surface area contributed by atoms with Gasteiger partial charge < -0.3 is 19.5 Å². The molecule has 1 aliphatic heterocycles. The molecule has 0 unspecified atom stereocenters. The second-order valence-corrected chi connectivity index (χ2v) is 7.60. The Hall–Kier alpha value is -3.54. The number of hydrogen-bond donors (Lipinski definition) is 1. The molecule has 0 saturated heterocycles. The number of fused-ring (bicyclic) bond motifs is 2. The van der Waals surface area contributed by atoms with E-state index in [2.05, 4.69) is 16.4 Å². The molecule has 0 fully saturated rings. The number of ether oxygens (including phenoxy) is 3. The SMILES string of the molecule is COc1cccc(CNC2=NCCCCCCOc3ccccc3Oc3ncccc32)c1. The highest BCUT2D eigenvalue weighted by atomic mass is 16.5. The van der Waals surface area contributed by atoms with Crippen molar-refractivity contribution in [3.8, 4) is 23.1 Å². The number of rotatable bonds is 3. The zero-order chi connectivity index (χ0) is 22.0. The summed E-state index contributed by atoms with van der Waals surface area (Å²) in [6.45, 7) is 2.03. The van der Waals surface area contributed by atoms with Crippen LogP contribution in [0.3, 0.4) is 0 Å². The Kier molecular flexibility index (Phi) is 7.58. The van der Waals surface area contributed by atoms with E-state index in [4.69, 9.17) is 19.2 Å². The third kappa shape index (κ3) is 5.78. The summed E-state index contributed by atoms with van der Waals surface area (Å²) in [6.07, 6.45) is 5.99. The van der Waals surface area contributed by atoms with Crippen LogP contribution < -0.4 is 19.5 Å². The Morgan fingerprint density at radius 3 is 2.72 bits per heavy atom. The molecule has 6 heteroatoms. The number of aromatic nitrogens is 1. The van der Waals surface area contributed by atoms with Gasteiger partial charge in [0.2, 0.25) is 5.88 Å². The van der Waals surface area contributed by atoms with Crippen molar-refractivity contribution in [2.45, 2.75) is 32.2 Å². The van der Waals surface area contributed by atoms with Gasteiger partial charge in [-0.05, 0) is 61.2 Å². The molecule has 32 heavy (non-hydrogen) atoms. The second-order valence-electron chi connectivity index (χ2n) is 7.60. The van der Waals surface area contributed by atoms with E-state index in [0.717, 1.165) is 60.7 Å². The first kappa shape index (κ1) is 21.7. The second kappa shape index (κ2) is 11.2. The van der Waals surface area contributed by atoms with Gasteiger partial charge in [0.15, 0.2) is 11.5 Å². The summed E-state index contributed by atoms with van der Waals surface area (Å²) >= 11 is 0. The molecule has 0 bridgehead atoms. The van der Waals surface area contributed by atoms with Gasteiger partial charge in [-0.2, -0.15) is 0 Å². The maximum Gasteiger partial charge on any atom is 0.230 e. The molecule has 6 nitrogen and oxygen atoms in total. The van der Waals surface area contributed by atoms with Crippen LogP contribution in [0.15, 0.2) is 71.9 Å². The Balaban J connectivity index is 1.63. The minimum atomic E-state index is 0.498. The number of benzene rings is 2. The van der Waals surface area contributed by atoms with E-state index in [1.807, 2.05) is 54.6 Å². The molecular weight excluding hydrogens is 402 g/mol. The minimum absolute atomic E-state index is 0.498. The lowest BCUT2D eigenvalue weighted by Crippen LogP contribution is -2.25. The highest BCUT2D eigenvalue weighted by molar-refractivity contribution is 6.00. The van der Waals surface area contributed by atoms with Crippen molar-refractivity contribution in [2.75, 3.05) is 20.3 Å². The number of pyridine rings is 1. The fourth-order valence-corrected chi connectivity index (χ4v) is 3.56. The van der Waals surface area contributed by atoms with Gasteiger partial charge in [-0.15, -0.1) is 0 Å². The molecule has 0 amide bonds. The molecule has 166 valence electrons. The third-order valence-electron chi connectivity index (χ3n) is 5.26. The van der Waals surface area contributed by atoms with Crippen molar-refractivity contribution in [1.29, 1.82) is 0 Å². The molecule has 4 rings (SSSR count). The number of amidine groups is 1. The fraction of sp³-hybridized carbons (Fsp3) is 0.308. The van der Waals surface area contributed by atoms with E-state index >= 15 is 0 Å². The van der Waals surface area contributed by atoms with Crippen LogP contribution in [0.2, 0.25) is 0 Å². The van der Waals surface area contributed by atoms with Crippen molar-refractivity contribution in [2.24, 2.45) is 4.99 Å². The van der Waals surface area contributed by atoms with Crippen LogP contribution >= 0.6 is 0 Å². The first-order valence-corrected chi connectivity index (χ1v) is 11.1. The molecule has 1 N–H and O–H groups in total. The van der Waals surface area contributed by atoms with E-state index < -0.39 is 0 Å². The van der Waals surface area contributed by atoms with Gasteiger partial charge in [-0.1, -0.05) is 30.7 Å². The summed E-state index contributed by atoms with van der Waals surface area (Å²) in [5.74, 6) is 3.48. The zero-order valence-corrected chi connectivity index (χ0v) is 18.4. The molecule has 0 atom stereocenters. The van der Waals surface area contributed by atoms with Crippen LogP contribution in [0.25, 0.3) is 0 Å². The molecule has 0 spiro atoms. The Morgan fingerprint density at radius 2 is 1.81 bits per heavy atom. The van der Waals surface area contributed by atoms with Crippen LogP contribution in [0.4, 0.5) is 0 Å². The highest BCUT2D eigenvalue weighted by Gasteiger charge is 2.15. The molecule has 0 radical (unpaired) electrons. The maximum absolute atomic E-state index is 6.23. The summed E-state index contributed by atoms with van der Waals surface area (Å²) in [5, 5.41) is 3.49. The normalized spacial score (nSPS) is 14.5. The number of methoxy groups -OCH3 is 1. The van der Waals surface area contributed by atoms with Gasteiger partial charge in [-0.3, -0.25) is 4.99 Å². The van der Waals surface area contributed by atoms with Crippen molar-refractivity contribution >= 4 is 5.84 Å². The van der Waals surface area contributed by atoms with Crippen LogP contribution in [-0.4, -0.2) is 31.1 Å². The molecule has 2 aromatic carbocycles. The molecule has 3 aromatic rings. The van der Waals surface area contributed by atoms with Crippen LogP contribution in [0.5, 0.6) is 23.1 Å². The van der Waals surface area contributed by atoms with Crippen molar-refractivity contribution in [3.05, 3.63) is 78.0 Å². The number of para-hydroxylation sites is 2. The Morgan fingerprint density at radius 1 is 0.938 bits per heavy atom. The topological polar surface area (TPSA) is 65.0 Å². The summed E-state index contributed by atoms with van der Waals surface area (Å²) in [6, 6.07) is 19.6.